The second-order valence-electron chi connectivity index (χ2n) is 14.0. The lowest BCUT2D eigenvalue weighted by atomic mass is 10.0. The summed E-state index contributed by atoms with van der Waals surface area (Å²) in [5.41, 5.74) is 3.88. The van der Waals surface area contributed by atoms with Crippen LogP contribution in [0, 0.1) is 0 Å². The molecule has 1 N–H and O–H groups in total. The van der Waals surface area contributed by atoms with Gasteiger partial charge in [0.1, 0.15) is 18.4 Å². The van der Waals surface area contributed by atoms with E-state index in [-0.39, 0.29) is 6.10 Å². The minimum absolute atomic E-state index is 0.0836. The van der Waals surface area contributed by atoms with Crippen LogP contribution in [-0.4, -0.2) is 122 Å². The number of piperidine rings is 1. The Bertz CT molecular complexity index is 1400. The molecule has 0 aromatic heterocycles. The lowest BCUT2D eigenvalue weighted by Gasteiger charge is -2.31. The van der Waals surface area contributed by atoms with Crippen molar-refractivity contribution >= 4 is 11.8 Å². The molecule has 52 heavy (non-hydrogen) atoms. The number of para-hydroxylation sites is 2. The van der Waals surface area contributed by atoms with Crippen LogP contribution in [0.1, 0.15) is 44.1 Å². The number of likely N-dealkylation sites (N-methyl/N-ethyl adjacent to an activating group) is 1. The molecule has 0 bridgehead atoms. The summed E-state index contributed by atoms with van der Waals surface area (Å²) in [7, 11) is 6.25. The first-order valence-electron chi connectivity index (χ1n) is 19.0. The summed E-state index contributed by atoms with van der Waals surface area (Å²) in [5, 5.41) is 2.95. The van der Waals surface area contributed by atoms with Crippen LogP contribution in [0.5, 0.6) is 5.75 Å². The maximum atomic E-state index is 12.7. The first kappa shape index (κ1) is 41.2. The number of carbonyl (C=O) groups is 1. The molecule has 0 radical (unpaired) electrons. The van der Waals surface area contributed by atoms with E-state index in [1.165, 1.54) is 19.3 Å². The Morgan fingerprint density at radius 1 is 0.712 bits per heavy atom. The summed E-state index contributed by atoms with van der Waals surface area (Å²) in [6, 6.07) is 25.8. The van der Waals surface area contributed by atoms with E-state index < -0.39 is 6.09 Å². The van der Waals surface area contributed by atoms with E-state index in [0.29, 0.717) is 39.6 Å². The average Bonchev–Trinajstić information content (AvgIpc) is 3.16. The van der Waals surface area contributed by atoms with Crippen LogP contribution in [0.4, 0.5) is 10.5 Å². The minimum atomic E-state index is -0.403. The molecule has 3 aromatic carbocycles. The number of amides is 1. The Labute approximate surface area is 311 Å². The van der Waals surface area contributed by atoms with Crippen molar-refractivity contribution in [3.63, 3.8) is 0 Å². The van der Waals surface area contributed by atoms with Gasteiger partial charge in [-0.15, -0.1) is 0 Å². The van der Waals surface area contributed by atoms with Crippen LogP contribution in [-0.2, 0) is 30.3 Å². The number of carbonyl (C=O) groups excluding carboxylic acids is 1. The molecular weight excluding hydrogens is 658 g/mol. The maximum absolute atomic E-state index is 12.7. The monoisotopic (exact) mass is 720 g/mol. The van der Waals surface area contributed by atoms with Crippen molar-refractivity contribution in [2.75, 3.05) is 105 Å². The minimum Gasteiger partial charge on any atom is -0.496 e. The number of anilines is 1. The molecule has 0 aliphatic carbocycles. The average molecular weight is 721 g/mol. The fourth-order valence-corrected chi connectivity index (χ4v) is 6.26. The predicted molar refractivity (Wildman–Crippen MR) is 207 cm³/mol. The van der Waals surface area contributed by atoms with Crippen LogP contribution in [0.3, 0.4) is 0 Å². The van der Waals surface area contributed by atoms with Crippen LogP contribution in [0.25, 0.3) is 11.1 Å². The van der Waals surface area contributed by atoms with Crippen molar-refractivity contribution in [3.05, 3.63) is 84.4 Å². The van der Waals surface area contributed by atoms with E-state index in [0.717, 1.165) is 97.8 Å². The smallest absolute Gasteiger partial charge is 0.411 e. The number of nitrogens with one attached hydrogen (secondary N) is 1. The summed E-state index contributed by atoms with van der Waals surface area (Å²) in [6.07, 6.45) is 5.84. The van der Waals surface area contributed by atoms with Crippen molar-refractivity contribution in [1.29, 1.82) is 0 Å². The number of nitrogens with zero attached hydrogens (tertiary/aromatic N) is 2. The van der Waals surface area contributed by atoms with E-state index in [9.17, 15) is 4.79 Å². The summed E-state index contributed by atoms with van der Waals surface area (Å²) in [6.45, 7) is 9.85. The molecular formula is C42H62N3O7+. The third-order valence-corrected chi connectivity index (χ3v) is 9.45. The van der Waals surface area contributed by atoms with E-state index in [1.807, 2.05) is 72.8 Å². The first-order valence-corrected chi connectivity index (χ1v) is 19.0. The third kappa shape index (κ3) is 16.0. The highest BCUT2D eigenvalue weighted by Crippen LogP contribution is 2.28. The molecule has 10 nitrogen and oxygen atoms in total. The van der Waals surface area contributed by atoms with Crippen LogP contribution in [0.15, 0.2) is 78.9 Å². The zero-order valence-electron chi connectivity index (χ0n) is 31.8. The maximum Gasteiger partial charge on any atom is 0.411 e. The molecule has 1 fully saturated rings. The predicted octanol–water partition coefficient (Wildman–Crippen LogP) is 7.28. The molecule has 0 unspecified atom stereocenters. The molecule has 1 saturated heterocycles. The second-order valence-corrected chi connectivity index (χ2v) is 14.0. The summed E-state index contributed by atoms with van der Waals surface area (Å²) >= 11 is 0. The number of hydrogen-bond acceptors (Lipinski definition) is 8. The van der Waals surface area contributed by atoms with E-state index >= 15 is 0 Å². The molecule has 1 aliphatic rings. The summed E-state index contributed by atoms with van der Waals surface area (Å²) in [4.78, 5) is 15.0. The van der Waals surface area contributed by atoms with Crippen molar-refractivity contribution in [2.45, 2.75) is 51.2 Å². The van der Waals surface area contributed by atoms with Gasteiger partial charge in [-0.3, -0.25) is 5.32 Å². The van der Waals surface area contributed by atoms with Gasteiger partial charge in [0.2, 0.25) is 0 Å². The Kier molecular flexibility index (Phi) is 19.0. The molecule has 286 valence electrons. The van der Waals surface area contributed by atoms with E-state index in [1.54, 1.807) is 7.11 Å². The standard InChI is InChI=1S/C42H61N3O7/c1-45(2,26-13-4-5-14-28-51-35-37-17-9-12-20-41(37)47-3)27-30-49-32-34-50-33-31-48-29-25-44-23-21-38(22-24-44)52-42(46)43-40-19-11-10-18-39(40)36-15-7-6-8-16-36/h6-12,15-20,38H,4-5,13-14,21-35H2,1-3H3/p+1. The summed E-state index contributed by atoms with van der Waals surface area (Å²) < 4.78 is 35.3. The molecule has 1 heterocycles. The highest BCUT2D eigenvalue weighted by Gasteiger charge is 2.22. The largest absolute Gasteiger partial charge is 0.496 e. The van der Waals surface area contributed by atoms with Crippen molar-refractivity contribution in [2.24, 2.45) is 0 Å². The SMILES string of the molecule is COc1ccccc1COCCCCCC[N+](C)(C)CCOCCOCCOCCN1CCC(OC(=O)Nc2ccccc2-c2ccccc2)CC1. The summed E-state index contributed by atoms with van der Waals surface area (Å²) in [5.74, 6) is 0.888. The molecule has 1 amide bonds. The number of ether oxygens (including phenoxy) is 6. The first-order chi connectivity index (χ1) is 25.4. The van der Waals surface area contributed by atoms with Gasteiger partial charge in [-0.2, -0.15) is 0 Å². The molecule has 3 aromatic rings. The lowest BCUT2D eigenvalue weighted by molar-refractivity contribution is -0.891. The number of methoxy groups -OCH3 is 1. The zero-order chi connectivity index (χ0) is 36.7. The van der Waals surface area contributed by atoms with Crippen LogP contribution < -0.4 is 10.1 Å². The van der Waals surface area contributed by atoms with Crippen molar-refractivity contribution in [1.82, 2.24) is 4.90 Å². The van der Waals surface area contributed by atoms with Gasteiger partial charge in [0, 0.05) is 37.4 Å². The van der Waals surface area contributed by atoms with Gasteiger partial charge in [0.05, 0.1) is 79.7 Å². The molecule has 0 saturated carbocycles. The Balaban J connectivity index is 0.912. The Hall–Kier alpha value is -3.51. The number of quaternary nitrogens is 1. The van der Waals surface area contributed by atoms with E-state index in [4.69, 9.17) is 28.4 Å². The zero-order valence-corrected chi connectivity index (χ0v) is 31.8. The number of rotatable bonds is 25. The number of unbranched alkanes of at least 4 members (excludes halogenated alkanes) is 3. The van der Waals surface area contributed by atoms with Gasteiger partial charge in [-0.1, -0.05) is 73.2 Å². The van der Waals surface area contributed by atoms with Gasteiger partial charge in [0.25, 0.3) is 0 Å². The fraction of sp³-hybridized carbons (Fsp3) is 0.548. The molecule has 0 spiro atoms. The molecule has 4 rings (SSSR count). The fourth-order valence-electron chi connectivity index (χ4n) is 6.26. The number of benzene rings is 3. The Morgan fingerprint density at radius 2 is 1.37 bits per heavy atom. The highest BCUT2D eigenvalue weighted by molar-refractivity contribution is 5.91. The number of hydrogen-bond donors (Lipinski definition) is 1. The topological polar surface area (TPSA) is 87.7 Å². The van der Waals surface area contributed by atoms with Crippen LogP contribution in [0.2, 0.25) is 0 Å². The van der Waals surface area contributed by atoms with Gasteiger partial charge in [-0.05, 0) is 49.8 Å². The third-order valence-electron chi connectivity index (χ3n) is 9.45. The van der Waals surface area contributed by atoms with Gasteiger partial charge < -0.3 is 37.8 Å². The van der Waals surface area contributed by atoms with Gasteiger partial charge >= 0.3 is 6.09 Å². The number of likely N-dealkylation sites (tertiary alicyclic amines) is 1. The molecule has 1 aliphatic heterocycles. The quantitative estimate of drug-likeness (QED) is 0.0723. The van der Waals surface area contributed by atoms with E-state index in [2.05, 4.69) is 30.4 Å². The lowest BCUT2D eigenvalue weighted by Crippen LogP contribution is -2.43. The molecule has 0 atom stereocenters. The van der Waals surface area contributed by atoms with Crippen molar-refractivity contribution in [3.8, 4) is 16.9 Å². The molecule has 10 heteroatoms. The highest BCUT2D eigenvalue weighted by atomic mass is 16.6. The Morgan fingerprint density at radius 3 is 2.13 bits per heavy atom. The van der Waals surface area contributed by atoms with Crippen molar-refractivity contribution < 1.29 is 37.7 Å². The van der Waals surface area contributed by atoms with Crippen LogP contribution >= 0.6 is 0 Å². The van der Waals surface area contributed by atoms with Gasteiger partial charge in [0.15, 0.2) is 0 Å². The normalized spacial score (nSPS) is 14.0. The second kappa shape index (κ2) is 23.9. The van der Waals surface area contributed by atoms with Gasteiger partial charge in [-0.25, -0.2) is 4.79 Å².